The Morgan fingerprint density at radius 2 is 2.50 bits per heavy atom. The summed E-state index contributed by atoms with van der Waals surface area (Å²) >= 11 is 0. The van der Waals surface area contributed by atoms with Gasteiger partial charge in [0.05, 0.1) is 6.10 Å². The predicted octanol–water partition coefficient (Wildman–Crippen LogP) is 0.503. The molecular formula is C8H12N2O2. The van der Waals surface area contributed by atoms with Crippen LogP contribution in [0.1, 0.15) is 36.0 Å². The average molecular weight is 168 g/mol. The number of hydrogen-bond acceptors (Lipinski definition) is 4. The lowest BCUT2D eigenvalue weighted by molar-refractivity contribution is 0.151. The summed E-state index contributed by atoms with van der Waals surface area (Å²) in [6.07, 6.45) is 2.21. The minimum atomic E-state index is -0.418. The third kappa shape index (κ3) is 1.04. The zero-order valence-corrected chi connectivity index (χ0v) is 6.79. The van der Waals surface area contributed by atoms with Gasteiger partial charge >= 0.3 is 0 Å². The molecule has 0 aromatic carbocycles. The highest BCUT2D eigenvalue weighted by Crippen LogP contribution is 2.31. The predicted molar refractivity (Wildman–Crippen MR) is 42.3 cm³/mol. The highest BCUT2D eigenvalue weighted by molar-refractivity contribution is 5.27. The van der Waals surface area contributed by atoms with Crippen LogP contribution in [0.3, 0.4) is 0 Å². The second-order valence-corrected chi connectivity index (χ2v) is 3.08. The van der Waals surface area contributed by atoms with E-state index in [1.165, 1.54) is 0 Å². The second kappa shape index (κ2) is 2.88. The Bertz CT molecular complexity index is 269. The quantitative estimate of drug-likeness (QED) is 0.640. The zero-order chi connectivity index (χ0) is 8.55. The van der Waals surface area contributed by atoms with E-state index < -0.39 is 6.10 Å². The van der Waals surface area contributed by atoms with Gasteiger partial charge in [-0.3, -0.25) is 0 Å². The molecule has 1 unspecified atom stereocenters. The first-order valence-corrected chi connectivity index (χ1v) is 4.18. The van der Waals surface area contributed by atoms with Crippen LogP contribution in [0.2, 0.25) is 0 Å². The van der Waals surface area contributed by atoms with Gasteiger partial charge in [0.15, 0.2) is 0 Å². The fraction of sp³-hybridized carbons (Fsp3) is 0.625. The summed E-state index contributed by atoms with van der Waals surface area (Å²) in [5.41, 5.74) is 6.99. The summed E-state index contributed by atoms with van der Waals surface area (Å²) in [5, 5.41) is 13.4. The normalized spacial score (nSPS) is 22.3. The Morgan fingerprint density at radius 1 is 1.67 bits per heavy atom. The van der Waals surface area contributed by atoms with Crippen molar-refractivity contribution < 1.29 is 9.63 Å². The van der Waals surface area contributed by atoms with Crippen molar-refractivity contribution in [2.24, 2.45) is 5.73 Å². The molecule has 1 heterocycles. The summed E-state index contributed by atoms with van der Waals surface area (Å²) < 4.78 is 5.06. The number of aromatic nitrogens is 1. The fourth-order valence-corrected chi connectivity index (χ4v) is 1.68. The first-order chi connectivity index (χ1) is 5.83. The Hall–Kier alpha value is -0.870. The van der Waals surface area contributed by atoms with Gasteiger partial charge in [-0.15, -0.1) is 0 Å². The van der Waals surface area contributed by atoms with Crippen LogP contribution >= 0.6 is 0 Å². The van der Waals surface area contributed by atoms with E-state index in [-0.39, 0.29) is 0 Å². The third-order valence-corrected chi connectivity index (χ3v) is 2.29. The first-order valence-electron chi connectivity index (χ1n) is 4.18. The van der Waals surface area contributed by atoms with E-state index in [2.05, 4.69) is 5.16 Å². The molecule has 1 aromatic heterocycles. The van der Waals surface area contributed by atoms with Gasteiger partial charge in [-0.2, -0.15) is 0 Å². The molecule has 4 nitrogen and oxygen atoms in total. The second-order valence-electron chi connectivity index (χ2n) is 3.08. The number of aliphatic hydroxyl groups is 1. The number of aliphatic hydroxyl groups excluding tert-OH is 1. The topological polar surface area (TPSA) is 72.3 Å². The molecule has 0 spiro atoms. The molecule has 12 heavy (non-hydrogen) atoms. The standard InChI is InChI=1S/C8H12N2O2/c9-4-5-8-6(11)2-1-3-7(8)12-10-5/h6,11H,1-4,9H2. The van der Waals surface area contributed by atoms with Gasteiger partial charge in [-0.05, 0) is 12.8 Å². The summed E-state index contributed by atoms with van der Waals surface area (Å²) in [4.78, 5) is 0. The molecule has 1 aliphatic rings. The van der Waals surface area contributed by atoms with Gasteiger partial charge < -0.3 is 15.4 Å². The molecule has 0 saturated carbocycles. The molecular weight excluding hydrogens is 156 g/mol. The van der Waals surface area contributed by atoms with Crippen LogP contribution < -0.4 is 5.73 Å². The lowest BCUT2D eigenvalue weighted by Gasteiger charge is -2.15. The van der Waals surface area contributed by atoms with Crippen molar-refractivity contribution in [1.82, 2.24) is 5.16 Å². The number of rotatable bonds is 1. The fourth-order valence-electron chi connectivity index (χ4n) is 1.68. The van der Waals surface area contributed by atoms with Crippen molar-refractivity contribution in [2.75, 3.05) is 0 Å². The van der Waals surface area contributed by atoms with E-state index in [9.17, 15) is 5.11 Å². The Kier molecular flexibility index (Phi) is 1.86. The Morgan fingerprint density at radius 3 is 3.25 bits per heavy atom. The Labute approximate surface area is 70.3 Å². The van der Waals surface area contributed by atoms with E-state index in [1.807, 2.05) is 0 Å². The highest BCUT2D eigenvalue weighted by atomic mass is 16.5. The van der Waals surface area contributed by atoms with Crippen LogP contribution in [-0.4, -0.2) is 10.3 Å². The molecule has 0 amide bonds. The Balaban J connectivity index is 2.43. The van der Waals surface area contributed by atoms with Crippen molar-refractivity contribution in [3.63, 3.8) is 0 Å². The zero-order valence-electron chi connectivity index (χ0n) is 6.79. The van der Waals surface area contributed by atoms with Crippen LogP contribution in [0.4, 0.5) is 0 Å². The van der Waals surface area contributed by atoms with Crippen molar-refractivity contribution >= 4 is 0 Å². The van der Waals surface area contributed by atoms with Crippen LogP contribution in [0.5, 0.6) is 0 Å². The number of nitrogens with zero attached hydrogens (tertiary/aromatic N) is 1. The molecule has 66 valence electrons. The average Bonchev–Trinajstić information content (AvgIpc) is 2.49. The number of nitrogens with two attached hydrogens (primary N) is 1. The van der Waals surface area contributed by atoms with Crippen LogP contribution in [0, 0.1) is 0 Å². The van der Waals surface area contributed by atoms with Crippen molar-refractivity contribution in [3.05, 3.63) is 17.0 Å². The molecule has 4 heteroatoms. The maximum Gasteiger partial charge on any atom is 0.142 e. The van der Waals surface area contributed by atoms with Crippen LogP contribution in [-0.2, 0) is 13.0 Å². The number of aryl methyl sites for hydroxylation is 1. The third-order valence-electron chi connectivity index (χ3n) is 2.29. The van der Waals surface area contributed by atoms with Gasteiger partial charge in [0.1, 0.15) is 11.5 Å². The molecule has 0 radical (unpaired) electrons. The van der Waals surface area contributed by atoms with Gasteiger partial charge in [0.2, 0.25) is 0 Å². The molecule has 0 saturated heterocycles. The van der Waals surface area contributed by atoms with Crippen molar-refractivity contribution in [2.45, 2.75) is 31.9 Å². The van der Waals surface area contributed by atoms with Crippen LogP contribution in [0.25, 0.3) is 0 Å². The summed E-state index contributed by atoms with van der Waals surface area (Å²) in [5.74, 6) is 0.814. The largest absolute Gasteiger partial charge is 0.388 e. The molecule has 1 aliphatic carbocycles. The van der Waals surface area contributed by atoms with E-state index in [0.717, 1.165) is 30.6 Å². The SMILES string of the molecule is NCc1noc2c1C(O)CCC2. The summed E-state index contributed by atoms with van der Waals surface area (Å²) in [6, 6.07) is 0. The monoisotopic (exact) mass is 168 g/mol. The van der Waals surface area contributed by atoms with Gasteiger partial charge in [-0.25, -0.2) is 0 Å². The molecule has 2 rings (SSSR count). The number of fused-ring (bicyclic) bond motifs is 1. The minimum Gasteiger partial charge on any atom is -0.388 e. The van der Waals surface area contributed by atoms with Gasteiger partial charge in [0, 0.05) is 18.5 Å². The molecule has 1 aromatic rings. The highest BCUT2D eigenvalue weighted by Gasteiger charge is 2.25. The first kappa shape index (κ1) is 7.76. The lowest BCUT2D eigenvalue weighted by atomic mass is 9.94. The molecule has 0 aliphatic heterocycles. The smallest absolute Gasteiger partial charge is 0.142 e. The summed E-state index contributed by atoms with van der Waals surface area (Å²) in [6.45, 7) is 0.343. The van der Waals surface area contributed by atoms with Crippen LogP contribution in [0.15, 0.2) is 4.52 Å². The van der Waals surface area contributed by atoms with E-state index in [0.29, 0.717) is 12.2 Å². The van der Waals surface area contributed by atoms with Gasteiger partial charge in [0.25, 0.3) is 0 Å². The maximum absolute atomic E-state index is 9.61. The van der Waals surface area contributed by atoms with Gasteiger partial charge in [-0.1, -0.05) is 5.16 Å². The van der Waals surface area contributed by atoms with E-state index in [4.69, 9.17) is 10.3 Å². The lowest BCUT2D eigenvalue weighted by Crippen LogP contribution is -2.10. The molecule has 1 atom stereocenters. The molecule has 3 N–H and O–H groups in total. The molecule has 0 bridgehead atoms. The van der Waals surface area contributed by atoms with Crippen molar-refractivity contribution in [1.29, 1.82) is 0 Å². The van der Waals surface area contributed by atoms with E-state index in [1.54, 1.807) is 0 Å². The molecule has 0 fully saturated rings. The van der Waals surface area contributed by atoms with Crippen molar-refractivity contribution in [3.8, 4) is 0 Å². The number of hydrogen-bond donors (Lipinski definition) is 2. The minimum absolute atomic E-state index is 0.343. The van der Waals surface area contributed by atoms with E-state index >= 15 is 0 Å². The maximum atomic E-state index is 9.61. The summed E-state index contributed by atoms with van der Waals surface area (Å²) in [7, 11) is 0.